The highest BCUT2D eigenvalue weighted by Gasteiger charge is 2.32. The number of carbonyl (C=O) groups is 2. The fraction of sp³-hybridized carbons (Fsp3) is 0.259. The Kier molecular flexibility index (Phi) is 9.48. The predicted octanol–water partition coefficient (Wildman–Crippen LogP) is 6.39. The molecule has 13 heteroatoms. The number of benzene rings is 2. The highest BCUT2D eigenvalue weighted by atomic mass is 32.2. The van der Waals surface area contributed by atoms with E-state index in [1.54, 1.807) is 31.4 Å². The fourth-order valence-corrected chi connectivity index (χ4v) is 6.04. The number of anilines is 1. The predicted molar refractivity (Wildman–Crippen MR) is 154 cm³/mol. The first kappa shape index (κ1) is 29.6. The number of thioether (sulfide) groups is 1. The Labute approximate surface area is 242 Å². The molecule has 0 unspecified atom stereocenters. The maximum atomic E-state index is 13.0. The number of thiocarbonyl (C=S) groups is 1. The van der Waals surface area contributed by atoms with E-state index in [-0.39, 0.29) is 31.2 Å². The number of hydrogen-bond donors (Lipinski definition) is 1. The lowest BCUT2D eigenvalue weighted by molar-refractivity contribution is -0.137. The largest absolute Gasteiger partial charge is 0.493 e. The summed E-state index contributed by atoms with van der Waals surface area (Å²) in [5, 5.41) is 3.06. The van der Waals surface area contributed by atoms with Crippen molar-refractivity contribution in [2.24, 2.45) is 0 Å². The molecular weight excluding hydrogens is 584 g/mol. The second-order valence-corrected chi connectivity index (χ2v) is 11.4. The number of nitrogens with one attached hydrogen (secondary N) is 1. The molecule has 0 bridgehead atoms. The van der Waals surface area contributed by atoms with Crippen molar-refractivity contribution in [3.05, 3.63) is 75.1 Å². The molecular formula is C27H24F3N3O4S3. The van der Waals surface area contributed by atoms with Gasteiger partial charge in [0, 0.05) is 30.5 Å². The second kappa shape index (κ2) is 12.8. The maximum absolute atomic E-state index is 13.0. The van der Waals surface area contributed by atoms with Crippen LogP contribution in [0.1, 0.15) is 34.4 Å². The molecule has 0 aliphatic carbocycles. The molecule has 3 aromatic rings. The van der Waals surface area contributed by atoms with Gasteiger partial charge in [-0.2, -0.15) is 13.2 Å². The van der Waals surface area contributed by atoms with E-state index in [1.807, 2.05) is 6.07 Å². The van der Waals surface area contributed by atoms with Gasteiger partial charge in [0.15, 0.2) is 16.6 Å². The minimum atomic E-state index is -4.41. The highest BCUT2D eigenvalue weighted by molar-refractivity contribution is 8.26. The third-order valence-corrected chi connectivity index (χ3v) is 8.09. The average Bonchev–Trinajstić information content (AvgIpc) is 3.46. The minimum Gasteiger partial charge on any atom is -0.493 e. The summed E-state index contributed by atoms with van der Waals surface area (Å²) in [5.41, 5.74) is 0.550. The van der Waals surface area contributed by atoms with E-state index in [9.17, 15) is 22.8 Å². The number of amides is 2. The summed E-state index contributed by atoms with van der Waals surface area (Å²) >= 11 is 7.77. The molecule has 2 heterocycles. The van der Waals surface area contributed by atoms with Gasteiger partial charge < -0.3 is 14.8 Å². The molecule has 1 aromatic heterocycles. The van der Waals surface area contributed by atoms with Crippen LogP contribution < -0.4 is 14.8 Å². The molecule has 0 saturated carbocycles. The zero-order valence-electron chi connectivity index (χ0n) is 21.4. The van der Waals surface area contributed by atoms with Gasteiger partial charge in [-0.3, -0.25) is 14.5 Å². The lowest BCUT2D eigenvalue weighted by Crippen LogP contribution is -2.29. The Bertz CT molecular complexity index is 1460. The fourth-order valence-electron chi connectivity index (χ4n) is 3.87. The van der Waals surface area contributed by atoms with Gasteiger partial charge in [-0.15, -0.1) is 11.3 Å². The van der Waals surface area contributed by atoms with Crippen LogP contribution in [-0.4, -0.2) is 46.8 Å². The van der Waals surface area contributed by atoms with Crippen LogP contribution in [0.2, 0.25) is 0 Å². The van der Waals surface area contributed by atoms with Crippen molar-refractivity contribution in [1.82, 2.24) is 9.88 Å². The quantitative estimate of drug-likeness (QED) is 0.211. The van der Waals surface area contributed by atoms with Crippen molar-refractivity contribution in [1.29, 1.82) is 0 Å². The summed E-state index contributed by atoms with van der Waals surface area (Å²) in [4.78, 5) is 32.2. The van der Waals surface area contributed by atoms with E-state index in [0.717, 1.165) is 17.7 Å². The molecule has 1 N–H and O–H groups in total. The first-order valence-corrected chi connectivity index (χ1v) is 14.0. The molecule has 0 radical (unpaired) electrons. The van der Waals surface area contributed by atoms with Crippen LogP contribution in [-0.2, 0) is 22.2 Å². The molecule has 1 fully saturated rings. The van der Waals surface area contributed by atoms with E-state index < -0.39 is 11.7 Å². The number of rotatable bonds is 10. The Morgan fingerprint density at radius 1 is 1.15 bits per heavy atom. The van der Waals surface area contributed by atoms with E-state index >= 15 is 0 Å². The second-order valence-electron chi connectivity index (χ2n) is 8.61. The number of carbonyl (C=O) groups excluding carboxylic acids is 2. The summed E-state index contributed by atoms with van der Waals surface area (Å²) in [7, 11) is 3.08. The maximum Gasteiger partial charge on any atom is 0.416 e. The Balaban J connectivity index is 1.28. The van der Waals surface area contributed by atoms with Crippen LogP contribution in [0.5, 0.6) is 11.5 Å². The van der Waals surface area contributed by atoms with Crippen LogP contribution in [0.3, 0.4) is 0 Å². The molecule has 4 rings (SSSR count). The SMILES string of the molecule is COc1ccc(C=C2SC(=S)N(CCCC(=O)Nc3ncc(Cc4cccc(C(F)(F)F)c4)s3)C2=O)cc1OC. The van der Waals surface area contributed by atoms with Crippen molar-refractivity contribution in [2.75, 3.05) is 26.1 Å². The van der Waals surface area contributed by atoms with Crippen LogP contribution in [0.25, 0.3) is 6.08 Å². The Hall–Kier alpha value is -3.42. The third-order valence-electron chi connectivity index (χ3n) is 5.80. The van der Waals surface area contributed by atoms with Crippen molar-refractivity contribution in [3.8, 4) is 11.5 Å². The first-order valence-electron chi connectivity index (χ1n) is 12.0. The molecule has 0 spiro atoms. The van der Waals surface area contributed by atoms with Crippen LogP contribution in [0, 0.1) is 0 Å². The summed E-state index contributed by atoms with van der Waals surface area (Å²) in [5.74, 6) is 0.603. The van der Waals surface area contributed by atoms with Gasteiger partial charge in [0.05, 0.1) is 24.7 Å². The third kappa shape index (κ3) is 7.40. The summed E-state index contributed by atoms with van der Waals surface area (Å²) in [6, 6.07) is 10.4. The van der Waals surface area contributed by atoms with Crippen molar-refractivity contribution in [3.63, 3.8) is 0 Å². The van der Waals surface area contributed by atoms with Gasteiger partial charge in [0.2, 0.25) is 5.91 Å². The number of aromatic nitrogens is 1. The highest BCUT2D eigenvalue weighted by Crippen LogP contribution is 2.35. The Morgan fingerprint density at radius 3 is 2.65 bits per heavy atom. The Morgan fingerprint density at radius 2 is 1.93 bits per heavy atom. The lowest BCUT2D eigenvalue weighted by Gasteiger charge is -2.13. The normalized spacial score (nSPS) is 14.6. The molecule has 2 amide bonds. The van der Waals surface area contributed by atoms with Crippen molar-refractivity contribution < 1.29 is 32.2 Å². The van der Waals surface area contributed by atoms with Crippen molar-refractivity contribution in [2.45, 2.75) is 25.4 Å². The van der Waals surface area contributed by atoms with E-state index in [4.69, 9.17) is 21.7 Å². The molecule has 0 atom stereocenters. The average molecular weight is 608 g/mol. The lowest BCUT2D eigenvalue weighted by atomic mass is 10.1. The van der Waals surface area contributed by atoms with Crippen LogP contribution in [0.15, 0.2) is 53.6 Å². The molecule has 1 saturated heterocycles. The molecule has 1 aliphatic heterocycles. The number of nitrogens with zero attached hydrogens (tertiary/aromatic N) is 2. The summed E-state index contributed by atoms with van der Waals surface area (Å²) in [6.07, 6.45) is -0.367. The number of methoxy groups -OCH3 is 2. The molecule has 1 aliphatic rings. The minimum absolute atomic E-state index is 0.133. The smallest absolute Gasteiger partial charge is 0.416 e. The monoisotopic (exact) mass is 607 g/mol. The van der Waals surface area contributed by atoms with Crippen LogP contribution in [0.4, 0.5) is 18.3 Å². The van der Waals surface area contributed by atoms with Gasteiger partial charge in [0.1, 0.15) is 4.32 Å². The zero-order valence-corrected chi connectivity index (χ0v) is 23.9. The van der Waals surface area contributed by atoms with E-state index in [1.165, 1.54) is 47.4 Å². The van der Waals surface area contributed by atoms with E-state index in [2.05, 4.69) is 10.3 Å². The molecule has 210 valence electrons. The first-order chi connectivity index (χ1) is 19.1. The van der Waals surface area contributed by atoms with Gasteiger partial charge in [-0.05, 0) is 41.8 Å². The standard InChI is InChI=1S/C27H24F3N3O4S3/c1-36-20-9-8-17(13-21(20)37-2)14-22-24(35)33(26(38)40-22)10-4-7-23(34)32-25-31-15-19(39-25)12-16-5-3-6-18(11-16)27(28,29)30/h3,5-6,8-9,11,13-15H,4,7,10,12H2,1-2H3,(H,31,32,34). The molecule has 2 aromatic carbocycles. The number of alkyl halides is 3. The van der Waals surface area contributed by atoms with Gasteiger partial charge in [0.25, 0.3) is 5.91 Å². The molecule has 7 nitrogen and oxygen atoms in total. The zero-order chi connectivity index (χ0) is 28.9. The van der Waals surface area contributed by atoms with E-state index in [0.29, 0.717) is 42.7 Å². The number of ether oxygens (including phenoxy) is 2. The summed E-state index contributed by atoms with van der Waals surface area (Å²) in [6.45, 7) is 0.278. The van der Waals surface area contributed by atoms with Gasteiger partial charge in [-0.1, -0.05) is 48.2 Å². The van der Waals surface area contributed by atoms with Gasteiger partial charge in [-0.25, -0.2) is 4.98 Å². The number of hydrogen-bond acceptors (Lipinski definition) is 8. The summed E-state index contributed by atoms with van der Waals surface area (Å²) < 4.78 is 49.8. The number of halogens is 3. The van der Waals surface area contributed by atoms with Crippen molar-refractivity contribution >= 4 is 62.7 Å². The van der Waals surface area contributed by atoms with Crippen LogP contribution >= 0.6 is 35.3 Å². The number of thiazole rings is 1. The topological polar surface area (TPSA) is 80.8 Å². The molecule has 40 heavy (non-hydrogen) atoms. The van der Waals surface area contributed by atoms with Gasteiger partial charge >= 0.3 is 6.18 Å².